The Morgan fingerprint density at radius 1 is 1.27 bits per heavy atom. The molecule has 2 heterocycles. The Morgan fingerprint density at radius 2 is 2.03 bits per heavy atom. The van der Waals surface area contributed by atoms with Crippen LogP contribution in [0, 0.1) is 11.7 Å². The quantitative estimate of drug-likeness (QED) is 0.278. The highest BCUT2D eigenvalue weighted by Gasteiger charge is 2.22. The third-order valence-electron chi connectivity index (χ3n) is 5.45. The Labute approximate surface area is 196 Å². The van der Waals surface area contributed by atoms with E-state index in [9.17, 15) is 4.39 Å². The second kappa shape index (κ2) is 12.5. The Balaban J connectivity index is 0.00000320. The first-order valence-electron chi connectivity index (χ1n) is 10.6. The maximum absolute atomic E-state index is 13.3. The van der Waals surface area contributed by atoms with Gasteiger partial charge in [0.2, 0.25) is 0 Å². The molecule has 3 rings (SSSR count). The highest BCUT2D eigenvalue weighted by atomic mass is 127. The van der Waals surface area contributed by atoms with Crippen molar-refractivity contribution in [2.45, 2.75) is 32.7 Å². The van der Waals surface area contributed by atoms with Crippen LogP contribution < -0.4 is 10.6 Å². The van der Waals surface area contributed by atoms with Crippen molar-refractivity contribution in [3.8, 4) is 0 Å². The van der Waals surface area contributed by atoms with Crippen molar-refractivity contribution in [1.82, 2.24) is 20.5 Å². The molecule has 0 bridgehead atoms. The van der Waals surface area contributed by atoms with E-state index in [2.05, 4.69) is 39.4 Å². The molecule has 2 aromatic rings. The maximum atomic E-state index is 13.3. The van der Waals surface area contributed by atoms with Gasteiger partial charge in [-0.05, 0) is 42.5 Å². The van der Waals surface area contributed by atoms with Crippen LogP contribution in [0.5, 0.6) is 0 Å². The first kappa shape index (κ1) is 24.9. The number of morpholine rings is 1. The molecular weight excluding hydrogens is 496 g/mol. The van der Waals surface area contributed by atoms with E-state index < -0.39 is 0 Å². The number of nitrogens with zero attached hydrogens (tertiary/aromatic N) is 2. The molecule has 1 saturated heterocycles. The lowest BCUT2D eigenvalue weighted by atomic mass is 10.0. The predicted molar refractivity (Wildman–Crippen MR) is 132 cm³/mol. The normalized spacial score (nSPS) is 16.5. The van der Waals surface area contributed by atoms with Crippen molar-refractivity contribution in [2.24, 2.45) is 10.9 Å². The lowest BCUT2D eigenvalue weighted by Crippen LogP contribution is -2.51. The smallest absolute Gasteiger partial charge is 0.191 e. The van der Waals surface area contributed by atoms with Crippen LogP contribution in [0.25, 0.3) is 10.9 Å². The first-order chi connectivity index (χ1) is 14.1. The van der Waals surface area contributed by atoms with Crippen molar-refractivity contribution < 1.29 is 9.13 Å². The standard InChI is InChI=1S/C22H34FN5O.HI/c1-16(2)12-19(28-8-10-29-11-9-28)15-27-22(24-3)25-7-6-17-14-26-21-13-18(23)4-5-20(17)21;/h4-5,13-14,16,19,26H,6-12,15H2,1-3H3,(H2,24,25,27);1H. The van der Waals surface area contributed by atoms with Crippen LogP contribution >= 0.6 is 24.0 Å². The molecule has 1 aromatic carbocycles. The molecule has 1 unspecified atom stereocenters. The number of fused-ring (bicyclic) bond motifs is 1. The van der Waals surface area contributed by atoms with E-state index in [0.717, 1.165) is 69.1 Å². The summed E-state index contributed by atoms with van der Waals surface area (Å²) < 4.78 is 18.9. The number of halogens is 2. The molecule has 0 saturated carbocycles. The molecule has 1 aromatic heterocycles. The van der Waals surface area contributed by atoms with Gasteiger partial charge in [0.15, 0.2) is 5.96 Å². The number of H-pyrrole nitrogens is 1. The van der Waals surface area contributed by atoms with Gasteiger partial charge in [0.1, 0.15) is 5.82 Å². The van der Waals surface area contributed by atoms with Crippen LogP contribution in [0.1, 0.15) is 25.8 Å². The number of benzene rings is 1. The number of aromatic amines is 1. The van der Waals surface area contributed by atoms with Gasteiger partial charge in [-0.25, -0.2) is 4.39 Å². The summed E-state index contributed by atoms with van der Waals surface area (Å²) in [5, 5.41) is 7.97. The molecule has 6 nitrogen and oxygen atoms in total. The van der Waals surface area contributed by atoms with E-state index in [4.69, 9.17) is 4.74 Å². The topological polar surface area (TPSA) is 64.7 Å². The number of nitrogens with one attached hydrogen (secondary N) is 3. The molecule has 30 heavy (non-hydrogen) atoms. The van der Waals surface area contributed by atoms with Gasteiger partial charge in [-0.3, -0.25) is 9.89 Å². The Morgan fingerprint density at radius 3 is 2.73 bits per heavy atom. The second-order valence-corrected chi connectivity index (χ2v) is 8.07. The summed E-state index contributed by atoms with van der Waals surface area (Å²) in [4.78, 5) is 10.0. The molecular formula is C22H35FIN5O. The maximum Gasteiger partial charge on any atom is 0.191 e. The van der Waals surface area contributed by atoms with Gasteiger partial charge in [0.05, 0.1) is 13.2 Å². The minimum Gasteiger partial charge on any atom is -0.379 e. The van der Waals surface area contributed by atoms with Crippen molar-refractivity contribution in [3.63, 3.8) is 0 Å². The van der Waals surface area contributed by atoms with E-state index in [0.29, 0.717) is 12.0 Å². The number of aliphatic imine (C=N–C) groups is 1. The average Bonchev–Trinajstić information content (AvgIpc) is 3.11. The number of aromatic nitrogens is 1. The lowest BCUT2D eigenvalue weighted by Gasteiger charge is -2.35. The summed E-state index contributed by atoms with van der Waals surface area (Å²) in [7, 11) is 1.80. The highest BCUT2D eigenvalue weighted by molar-refractivity contribution is 14.0. The summed E-state index contributed by atoms with van der Waals surface area (Å²) in [5.74, 6) is 1.24. The SMILES string of the molecule is CN=C(NCCc1c[nH]c2cc(F)ccc12)NCC(CC(C)C)N1CCOCC1.I. The molecule has 1 aliphatic rings. The van der Waals surface area contributed by atoms with E-state index in [1.54, 1.807) is 7.05 Å². The van der Waals surface area contributed by atoms with Crippen molar-refractivity contribution >= 4 is 40.8 Å². The van der Waals surface area contributed by atoms with Crippen molar-refractivity contribution in [3.05, 3.63) is 35.8 Å². The molecule has 3 N–H and O–H groups in total. The van der Waals surface area contributed by atoms with E-state index >= 15 is 0 Å². The number of hydrogen-bond acceptors (Lipinski definition) is 3. The lowest BCUT2D eigenvalue weighted by molar-refractivity contribution is 0.0132. The van der Waals surface area contributed by atoms with Gasteiger partial charge in [-0.15, -0.1) is 24.0 Å². The van der Waals surface area contributed by atoms with Crippen LogP contribution in [-0.4, -0.2) is 68.3 Å². The number of rotatable bonds is 8. The molecule has 1 aliphatic heterocycles. The van der Waals surface area contributed by atoms with Gasteiger partial charge in [-0.2, -0.15) is 0 Å². The Hall–Kier alpha value is -1.39. The molecule has 1 atom stereocenters. The fraction of sp³-hybridized carbons (Fsp3) is 0.591. The van der Waals surface area contributed by atoms with Gasteiger partial charge >= 0.3 is 0 Å². The van der Waals surface area contributed by atoms with Crippen molar-refractivity contribution in [2.75, 3.05) is 46.4 Å². The summed E-state index contributed by atoms with van der Waals surface area (Å²) in [5.41, 5.74) is 2.01. The van der Waals surface area contributed by atoms with Gasteiger partial charge in [0.25, 0.3) is 0 Å². The zero-order chi connectivity index (χ0) is 20.6. The zero-order valence-corrected chi connectivity index (χ0v) is 20.5. The van der Waals surface area contributed by atoms with Gasteiger partial charge in [0, 0.05) is 56.4 Å². The molecule has 1 fully saturated rings. The summed E-state index contributed by atoms with van der Waals surface area (Å²) in [6.07, 6.45) is 3.94. The van der Waals surface area contributed by atoms with E-state index in [1.807, 2.05) is 12.3 Å². The molecule has 168 valence electrons. The van der Waals surface area contributed by atoms with Crippen LogP contribution in [0.15, 0.2) is 29.4 Å². The van der Waals surface area contributed by atoms with Crippen LogP contribution in [0.2, 0.25) is 0 Å². The van der Waals surface area contributed by atoms with Crippen molar-refractivity contribution in [1.29, 1.82) is 0 Å². The number of guanidine groups is 1. The molecule has 0 amide bonds. The number of ether oxygens (including phenoxy) is 1. The molecule has 8 heteroatoms. The average molecular weight is 531 g/mol. The largest absolute Gasteiger partial charge is 0.379 e. The second-order valence-electron chi connectivity index (χ2n) is 8.07. The summed E-state index contributed by atoms with van der Waals surface area (Å²) in [6, 6.07) is 5.35. The molecule has 0 aliphatic carbocycles. The minimum absolute atomic E-state index is 0. The van der Waals surface area contributed by atoms with Crippen LogP contribution in [-0.2, 0) is 11.2 Å². The van der Waals surface area contributed by atoms with Crippen LogP contribution in [0.3, 0.4) is 0 Å². The summed E-state index contributed by atoms with van der Waals surface area (Å²) >= 11 is 0. The van der Waals surface area contributed by atoms with Gasteiger partial charge < -0.3 is 20.4 Å². The zero-order valence-electron chi connectivity index (χ0n) is 18.2. The monoisotopic (exact) mass is 531 g/mol. The van der Waals surface area contributed by atoms with E-state index in [-0.39, 0.29) is 29.8 Å². The fourth-order valence-electron chi connectivity index (χ4n) is 3.96. The third-order valence-corrected chi connectivity index (χ3v) is 5.45. The van der Waals surface area contributed by atoms with Crippen LogP contribution in [0.4, 0.5) is 4.39 Å². The number of hydrogen-bond donors (Lipinski definition) is 3. The predicted octanol–water partition coefficient (Wildman–Crippen LogP) is 3.38. The van der Waals surface area contributed by atoms with Gasteiger partial charge in [-0.1, -0.05) is 13.8 Å². The Kier molecular flexibility index (Phi) is 10.3. The molecule has 0 radical (unpaired) electrons. The highest BCUT2D eigenvalue weighted by Crippen LogP contribution is 2.19. The summed E-state index contributed by atoms with van der Waals surface area (Å²) in [6.45, 7) is 9.78. The molecule has 0 spiro atoms. The van der Waals surface area contributed by atoms with E-state index in [1.165, 1.54) is 17.7 Å². The first-order valence-corrected chi connectivity index (χ1v) is 10.6. The third kappa shape index (κ3) is 7.09. The fourth-order valence-corrected chi connectivity index (χ4v) is 3.96. The minimum atomic E-state index is -0.218. The Bertz CT molecular complexity index is 804.